The Morgan fingerprint density at radius 1 is 1.37 bits per heavy atom. The third kappa shape index (κ3) is 3.96. The fourth-order valence-corrected chi connectivity index (χ4v) is 2.79. The topological polar surface area (TPSA) is 51.0 Å². The van der Waals surface area contributed by atoms with Gasteiger partial charge in [0.25, 0.3) is 5.22 Å². The van der Waals surface area contributed by atoms with Crippen LogP contribution in [0.4, 0.5) is 0 Å². The number of rotatable bonds is 6. The molecule has 0 aliphatic rings. The van der Waals surface area contributed by atoms with Gasteiger partial charge in [0.05, 0.1) is 0 Å². The third-order valence-electron chi connectivity index (χ3n) is 2.51. The molecule has 2 rings (SSSR count). The molecular formula is C13H16ClN3OS. The van der Waals surface area contributed by atoms with Crippen LogP contribution in [0.3, 0.4) is 0 Å². The smallest absolute Gasteiger partial charge is 0.281 e. The van der Waals surface area contributed by atoms with Crippen molar-refractivity contribution in [1.82, 2.24) is 15.5 Å². The van der Waals surface area contributed by atoms with E-state index in [2.05, 4.69) is 22.4 Å². The SMILES string of the molecule is CCCNCc1c(Cl)cccc1Sc1nnc(C)o1. The van der Waals surface area contributed by atoms with Crippen molar-refractivity contribution in [1.29, 1.82) is 0 Å². The predicted octanol–water partition coefficient (Wildman–Crippen LogP) is 3.68. The van der Waals surface area contributed by atoms with Gasteiger partial charge in [-0.3, -0.25) is 0 Å². The molecule has 0 spiro atoms. The zero-order chi connectivity index (χ0) is 13.7. The summed E-state index contributed by atoms with van der Waals surface area (Å²) in [4.78, 5) is 1.04. The van der Waals surface area contributed by atoms with Crippen LogP contribution in [0.5, 0.6) is 0 Å². The van der Waals surface area contributed by atoms with Crippen LogP contribution in [0.2, 0.25) is 5.02 Å². The second-order valence-corrected chi connectivity index (χ2v) is 5.48. The number of benzene rings is 1. The van der Waals surface area contributed by atoms with Crippen molar-refractivity contribution in [2.24, 2.45) is 0 Å². The fraction of sp³-hybridized carbons (Fsp3) is 0.385. The molecule has 6 heteroatoms. The molecule has 1 aromatic heterocycles. The van der Waals surface area contributed by atoms with E-state index in [0.717, 1.165) is 35.0 Å². The van der Waals surface area contributed by atoms with E-state index in [-0.39, 0.29) is 0 Å². The molecule has 0 radical (unpaired) electrons. The van der Waals surface area contributed by atoms with Crippen LogP contribution >= 0.6 is 23.4 Å². The molecule has 102 valence electrons. The molecule has 0 aliphatic heterocycles. The van der Waals surface area contributed by atoms with E-state index >= 15 is 0 Å². The number of nitrogens with one attached hydrogen (secondary N) is 1. The van der Waals surface area contributed by atoms with Crippen molar-refractivity contribution in [3.8, 4) is 0 Å². The van der Waals surface area contributed by atoms with E-state index in [9.17, 15) is 0 Å². The molecule has 0 bridgehead atoms. The van der Waals surface area contributed by atoms with Gasteiger partial charge in [0, 0.05) is 23.4 Å². The maximum Gasteiger partial charge on any atom is 0.281 e. The van der Waals surface area contributed by atoms with E-state index < -0.39 is 0 Å². The van der Waals surface area contributed by atoms with Crippen LogP contribution in [0, 0.1) is 6.92 Å². The molecule has 1 heterocycles. The molecule has 0 saturated carbocycles. The van der Waals surface area contributed by atoms with Crippen molar-refractivity contribution in [3.05, 3.63) is 34.7 Å². The maximum atomic E-state index is 6.26. The van der Waals surface area contributed by atoms with Crippen LogP contribution in [-0.2, 0) is 6.54 Å². The van der Waals surface area contributed by atoms with E-state index in [1.165, 1.54) is 11.8 Å². The molecule has 1 N–H and O–H groups in total. The number of hydrogen-bond donors (Lipinski definition) is 1. The number of aromatic nitrogens is 2. The van der Waals surface area contributed by atoms with Gasteiger partial charge in [0.1, 0.15) is 0 Å². The first-order chi connectivity index (χ1) is 9.20. The van der Waals surface area contributed by atoms with Crippen molar-refractivity contribution >= 4 is 23.4 Å². The molecule has 19 heavy (non-hydrogen) atoms. The number of aryl methyl sites for hydroxylation is 1. The largest absolute Gasteiger partial charge is 0.416 e. The van der Waals surface area contributed by atoms with Gasteiger partial charge in [-0.25, -0.2) is 0 Å². The summed E-state index contributed by atoms with van der Waals surface area (Å²) in [5, 5.41) is 12.5. The van der Waals surface area contributed by atoms with Gasteiger partial charge in [0.2, 0.25) is 5.89 Å². The molecule has 0 aliphatic carbocycles. The summed E-state index contributed by atoms with van der Waals surface area (Å²) in [6.07, 6.45) is 1.09. The summed E-state index contributed by atoms with van der Waals surface area (Å²) in [6.45, 7) is 5.62. The van der Waals surface area contributed by atoms with Gasteiger partial charge >= 0.3 is 0 Å². The zero-order valence-corrected chi connectivity index (χ0v) is 12.5. The summed E-state index contributed by atoms with van der Waals surface area (Å²) >= 11 is 7.70. The van der Waals surface area contributed by atoms with Crippen molar-refractivity contribution in [3.63, 3.8) is 0 Å². The molecule has 0 fully saturated rings. The standard InChI is InChI=1S/C13H16ClN3OS/c1-3-7-15-8-10-11(14)5-4-6-12(10)19-13-17-16-9(2)18-13/h4-6,15H,3,7-8H2,1-2H3. The normalized spacial score (nSPS) is 10.9. The van der Waals surface area contributed by atoms with E-state index in [1.807, 2.05) is 18.2 Å². The van der Waals surface area contributed by atoms with Crippen LogP contribution in [0.1, 0.15) is 24.8 Å². The van der Waals surface area contributed by atoms with Gasteiger partial charge in [-0.2, -0.15) is 0 Å². The molecule has 1 aromatic carbocycles. The highest BCUT2D eigenvalue weighted by molar-refractivity contribution is 7.99. The number of hydrogen-bond acceptors (Lipinski definition) is 5. The Hall–Kier alpha value is -1.04. The predicted molar refractivity (Wildman–Crippen MR) is 76.6 cm³/mol. The molecule has 0 unspecified atom stereocenters. The average Bonchev–Trinajstić information content (AvgIpc) is 2.78. The van der Waals surface area contributed by atoms with E-state index in [4.69, 9.17) is 16.0 Å². The molecule has 0 atom stereocenters. The van der Waals surface area contributed by atoms with Crippen molar-refractivity contribution in [2.75, 3.05) is 6.54 Å². The Morgan fingerprint density at radius 2 is 2.21 bits per heavy atom. The van der Waals surface area contributed by atoms with Crippen molar-refractivity contribution < 1.29 is 4.42 Å². The minimum atomic E-state index is 0.538. The summed E-state index contributed by atoms with van der Waals surface area (Å²) in [6, 6.07) is 5.84. The molecule has 2 aromatic rings. The highest BCUT2D eigenvalue weighted by Crippen LogP contribution is 2.33. The maximum absolute atomic E-state index is 6.26. The lowest BCUT2D eigenvalue weighted by Crippen LogP contribution is -2.14. The molecule has 0 amide bonds. The van der Waals surface area contributed by atoms with Gasteiger partial charge in [-0.1, -0.05) is 24.6 Å². The minimum Gasteiger partial charge on any atom is -0.416 e. The van der Waals surface area contributed by atoms with Crippen LogP contribution < -0.4 is 5.32 Å². The van der Waals surface area contributed by atoms with Crippen LogP contribution in [0.15, 0.2) is 32.7 Å². The number of halogens is 1. The first-order valence-corrected chi connectivity index (χ1v) is 7.36. The Bertz CT molecular complexity index is 544. The molecular weight excluding hydrogens is 282 g/mol. The summed E-state index contributed by atoms with van der Waals surface area (Å²) in [5.41, 5.74) is 1.07. The lowest BCUT2D eigenvalue weighted by Gasteiger charge is -2.10. The van der Waals surface area contributed by atoms with Gasteiger partial charge in [0.15, 0.2) is 0 Å². The first kappa shape index (κ1) is 14.4. The van der Waals surface area contributed by atoms with Crippen molar-refractivity contribution in [2.45, 2.75) is 36.9 Å². The fourth-order valence-electron chi connectivity index (χ4n) is 1.61. The summed E-state index contributed by atoms with van der Waals surface area (Å²) in [7, 11) is 0. The second-order valence-electron chi connectivity index (χ2n) is 4.08. The van der Waals surface area contributed by atoms with Crippen LogP contribution in [0.25, 0.3) is 0 Å². The van der Waals surface area contributed by atoms with E-state index in [0.29, 0.717) is 11.1 Å². The summed E-state index contributed by atoms with van der Waals surface area (Å²) in [5.74, 6) is 0.565. The Labute approximate surface area is 121 Å². The molecule has 4 nitrogen and oxygen atoms in total. The highest BCUT2D eigenvalue weighted by atomic mass is 35.5. The van der Waals surface area contributed by atoms with Crippen LogP contribution in [-0.4, -0.2) is 16.7 Å². The second kappa shape index (κ2) is 6.93. The molecule has 0 saturated heterocycles. The van der Waals surface area contributed by atoms with E-state index in [1.54, 1.807) is 6.92 Å². The number of nitrogens with zero attached hydrogens (tertiary/aromatic N) is 2. The monoisotopic (exact) mass is 297 g/mol. The van der Waals surface area contributed by atoms with Gasteiger partial charge in [-0.15, -0.1) is 10.2 Å². The first-order valence-electron chi connectivity index (χ1n) is 6.16. The highest BCUT2D eigenvalue weighted by Gasteiger charge is 2.11. The lowest BCUT2D eigenvalue weighted by molar-refractivity contribution is 0.429. The van der Waals surface area contributed by atoms with Gasteiger partial charge < -0.3 is 9.73 Å². The zero-order valence-electron chi connectivity index (χ0n) is 10.9. The quantitative estimate of drug-likeness (QED) is 0.824. The Balaban J connectivity index is 2.16. The minimum absolute atomic E-state index is 0.538. The lowest BCUT2D eigenvalue weighted by atomic mass is 10.2. The average molecular weight is 298 g/mol. The Morgan fingerprint density at radius 3 is 2.89 bits per heavy atom. The third-order valence-corrected chi connectivity index (χ3v) is 3.81. The summed E-state index contributed by atoms with van der Waals surface area (Å²) < 4.78 is 5.39. The van der Waals surface area contributed by atoms with Gasteiger partial charge in [-0.05, 0) is 42.4 Å². The Kier molecular flexibility index (Phi) is 5.24.